The summed E-state index contributed by atoms with van der Waals surface area (Å²) in [6.07, 6.45) is 2.43. The summed E-state index contributed by atoms with van der Waals surface area (Å²) in [5.41, 5.74) is 6.62. The average molecular weight is 218 g/mol. The molecular formula is C13H18N2O. The highest BCUT2D eigenvalue weighted by atomic mass is 16.1. The van der Waals surface area contributed by atoms with Gasteiger partial charge in [-0.1, -0.05) is 30.3 Å². The number of carbonyl (C=O) groups excluding carboxylic acids is 1. The number of carbonyl (C=O) groups is 1. The fourth-order valence-corrected chi connectivity index (χ4v) is 1.86. The van der Waals surface area contributed by atoms with Crippen LogP contribution in [0.25, 0.3) is 0 Å². The van der Waals surface area contributed by atoms with Gasteiger partial charge in [0.2, 0.25) is 0 Å². The highest BCUT2D eigenvalue weighted by Gasteiger charge is 2.29. The van der Waals surface area contributed by atoms with Crippen molar-refractivity contribution in [2.24, 2.45) is 5.73 Å². The van der Waals surface area contributed by atoms with Gasteiger partial charge in [-0.15, -0.1) is 0 Å². The van der Waals surface area contributed by atoms with E-state index in [9.17, 15) is 4.79 Å². The molecule has 1 saturated carbocycles. The standard InChI is InChI=1S/C13H18N2O/c14-8-13(16)10-15(12-6-7-12)9-11-4-2-1-3-5-11/h1-5,12H,6-10,14H2. The van der Waals surface area contributed by atoms with Crippen LogP contribution in [-0.2, 0) is 11.3 Å². The van der Waals surface area contributed by atoms with Crippen LogP contribution in [0.2, 0.25) is 0 Å². The molecule has 0 heterocycles. The zero-order valence-corrected chi connectivity index (χ0v) is 9.43. The molecule has 1 aromatic rings. The minimum atomic E-state index is 0.128. The highest BCUT2D eigenvalue weighted by molar-refractivity contribution is 5.82. The summed E-state index contributed by atoms with van der Waals surface area (Å²) in [6, 6.07) is 10.9. The summed E-state index contributed by atoms with van der Waals surface area (Å²) < 4.78 is 0. The van der Waals surface area contributed by atoms with E-state index in [1.807, 2.05) is 18.2 Å². The number of Topliss-reactive ketones (excluding diaryl/α,β-unsaturated/α-hetero) is 1. The Morgan fingerprint density at radius 2 is 2.00 bits per heavy atom. The predicted molar refractivity (Wildman–Crippen MR) is 63.9 cm³/mol. The van der Waals surface area contributed by atoms with Gasteiger partial charge < -0.3 is 5.73 Å². The van der Waals surface area contributed by atoms with Gasteiger partial charge in [0.1, 0.15) is 0 Å². The van der Waals surface area contributed by atoms with E-state index < -0.39 is 0 Å². The highest BCUT2D eigenvalue weighted by Crippen LogP contribution is 2.27. The van der Waals surface area contributed by atoms with Crippen LogP contribution in [0.1, 0.15) is 18.4 Å². The van der Waals surface area contributed by atoms with E-state index in [4.69, 9.17) is 5.73 Å². The average Bonchev–Trinajstić information content (AvgIpc) is 3.13. The summed E-state index contributed by atoms with van der Waals surface area (Å²) in [5.74, 6) is 0.128. The Labute approximate surface area is 96.2 Å². The molecule has 0 spiro atoms. The van der Waals surface area contributed by atoms with E-state index in [2.05, 4.69) is 17.0 Å². The normalized spacial score (nSPS) is 15.4. The van der Waals surface area contributed by atoms with Gasteiger partial charge in [-0.3, -0.25) is 9.69 Å². The van der Waals surface area contributed by atoms with E-state index in [1.54, 1.807) is 0 Å². The van der Waals surface area contributed by atoms with Crippen LogP contribution < -0.4 is 5.73 Å². The molecule has 0 amide bonds. The van der Waals surface area contributed by atoms with Gasteiger partial charge in [0.25, 0.3) is 0 Å². The van der Waals surface area contributed by atoms with Crippen LogP contribution in [0.3, 0.4) is 0 Å². The Kier molecular flexibility index (Phi) is 3.70. The second kappa shape index (κ2) is 5.23. The van der Waals surface area contributed by atoms with Gasteiger partial charge in [-0.25, -0.2) is 0 Å². The molecule has 86 valence electrons. The smallest absolute Gasteiger partial charge is 0.160 e. The molecule has 2 N–H and O–H groups in total. The summed E-state index contributed by atoms with van der Waals surface area (Å²) in [7, 11) is 0. The lowest BCUT2D eigenvalue weighted by Crippen LogP contribution is -2.34. The summed E-state index contributed by atoms with van der Waals surface area (Å²) in [4.78, 5) is 13.6. The molecule has 0 aromatic heterocycles. The van der Waals surface area contributed by atoms with Crippen molar-refractivity contribution in [3.05, 3.63) is 35.9 Å². The molecule has 0 bridgehead atoms. The number of nitrogens with zero attached hydrogens (tertiary/aromatic N) is 1. The summed E-state index contributed by atoms with van der Waals surface area (Å²) in [5, 5.41) is 0. The predicted octanol–water partition coefficient (Wildman–Crippen LogP) is 1.18. The molecule has 1 aromatic carbocycles. The van der Waals surface area contributed by atoms with Gasteiger partial charge in [0.15, 0.2) is 5.78 Å². The van der Waals surface area contributed by atoms with Crippen molar-refractivity contribution in [2.45, 2.75) is 25.4 Å². The molecular weight excluding hydrogens is 200 g/mol. The third kappa shape index (κ3) is 3.15. The first kappa shape index (κ1) is 11.3. The van der Waals surface area contributed by atoms with Crippen molar-refractivity contribution in [3.8, 4) is 0 Å². The second-order valence-electron chi connectivity index (χ2n) is 4.36. The van der Waals surface area contributed by atoms with Crippen molar-refractivity contribution in [1.29, 1.82) is 0 Å². The quantitative estimate of drug-likeness (QED) is 0.780. The first-order chi connectivity index (χ1) is 7.79. The zero-order chi connectivity index (χ0) is 11.4. The molecule has 0 saturated heterocycles. The maximum absolute atomic E-state index is 11.4. The number of hydrogen-bond acceptors (Lipinski definition) is 3. The first-order valence-corrected chi connectivity index (χ1v) is 5.79. The van der Waals surface area contributed by atoms with Crippen molar-refractivity contribution in [3.63, 3.8) is 0 Å². The lowest BCUT2D eigenvalue weighted by Gasteiger charge is -2.20. The fraction of sp³-hybridized carbons (Fsp3) is 0.462. The van der Waals surface area contributed by atoms with Gasteiger partial charge >= 0.3 is 0 Å². The SMILES string of the molecule is NCC(=O)CN(Cc1ccccc1)C1CC1. The Morgan fingerprint density at radius 3 is 2.56 bits per heavy atom. The van der Waals surface area contributed by atoms with Gasteiger partial charge in [0, 0.05) is 12.6 Å². The Morgan fingerprint density at radius 1 is 1.31 bits per heavy atom. The first-order valence-electron chi connectivity index (χ1n) is 5.79. The molecule has 2 rings (SSSR count). The van der Waals surface area contributed by atoms with E-state index in [1.165, 1.54) is 18.4 Å². The van der Waals surface area contributed by atoms with Crippen molar-refractivity contribution >= 4 is 5.78 Å². The minimum absolute atomic E-state index is 0.128. The van der Waals surface area contributed by atoms with Crippen LogP contribution in [0.4, 0.5) is 0 Å². The third-order valence-corrected chi connectivity index (χ3v) is 2.90. The van der Waals surface area contributed by atoms with Crippen molar-refractivity contribution < 1.29 is 4.79 Å². The third-order valence-electron chi connectivity index (χ3n) is 2.90. The summed E-state index contributed by atoms with van der Waals surface area (Å²) >= 11 is 0. The largest absolute Gasteiger partial charge is 0.324 e. The molecule has 3 nitrogen and oxygen atoms in total. The number of ketones is 1. The molecule has 0 aliphatic heterocycles. The molecule has 1 aliphatic rings. The van der Waals surface area contributed by atoms with Crippen LogP contribution in [-0.4, -0.2) is 29.8 Å². The fourth-order valence-electron chi connectivity index (χ4n) is 1.86. The van der Waals surface area contributed by atoms with E-state index in [-0.39, 0.29) is 12.3 Å². The van der Waals surface area contributed by atoms with Crippen LogP contribution in [0, 0.1) is 0 Å². The molecule has 0 atom stereocenters. The Hall–Kier alpha value is -1.19. The van der Waals surface area contributed by atoms with Crippen LogP contribution in [0.5, 0.6) is 0 Å². The van der Waals surface area contributed by atoms with E-state index >= 15 is 0 Å². The van der Waals surface area contributed by atoms with Gasteiger partial charge in [-0.05, 0) is 18.4 Å². The number of benzene rings is 1. The minimum Gasteiger partial charge on any atom is -0.324 e. The maximum atomic E-state index is 11.4. The summed E-state index contributed by atoms with van der Waals surface area (Å²) in [6.45, 7) is 1.51. The Bertz CT molecular complexity index is 346. The molecule has 1 aliphatic carbocycles. The van der Waals surface area contributed by atoms with Crippen molar-refractivity contribution in [1.82, 2.24) is 4.90 Å². The van der Waals surface area contributed by atoms with E-state index in [0.717, 1.165) is 6.54 Å². The second-order valence-corrected chi connectivity index (χ2v) is 4.36. The van der Waals surface area contributed by atoms with Gasteiger partial charge in [0.05, 0.1) is 13.1 Å². The molecule has 0 radical (unpaired) electrons. The lowest BCUT2D eigenvalue weighted by atomic mass is 10.2. The van der Waals surface area contributed by atoms with E-state index in [0.29, 0.717) is 12.6 Å². The monoisotopic (exact) mass is 218 g/mol. The van der Waals surface area contributed by atoms with Gasteiger partial charge in [-0.2, -0.15) is 0 Å². The molecule has 0 unspecified atom stereocenters. The molecule has 1 fully saturated rings. The number of hydrogen-bond donors (Lipinski definition) is 1. The van der Waals surface area contributed by atoms with Crippen LogP contribution >= 0.6 is 0 Å². The van der Waals surface area contributed by atoms with Crippen LogP contribution in [0.15, 0.2) is 30.3 Å². The zero-order valence-electron chi connectivity index (χ0n) is 9.43. The molecule has 3 heteroatoms. The topological polar surface area (TPSA) is 46.3 Å². The number of nitrogens with two attached hydrogens (primary N) is 1. The Balaban J connectivity index is 1.95. The molecule has 16 heavy (non-hydrogen) atoms. The lowest BCUT2D eigenvalue weighted by molar-refractivity contribution is -0.119. The maximum Gasteiger partial charge on any atom is 0.160 e. The number of rotatable bonds is 6. The van der Waals surface area contributed by atoms with Crippen molar-refractivity contribution in [2.75, 3.05) is 13.1 Å².